The van der Waals surface area contributed by atoms with Crippen LogP contribution in [0.2, 0.25) is 0 Å². The third-order valence-electron chi connectivity index (χ3n) is 3.41. The molecule has 0 aliphatic carbocycles. The Labute approximate surface area is 117 Å². The van der Waals surface area contributed by atoms with E-state index in [9.17, 15) is 5.11 Å². The van der Waals surface area contributed by atoms with Gasteiger partial charge in [-0.25, -0.2) is 0 Å². The maximum absolute atomic E-state index is 10.3. The molecule has 0 saturated heterocycles. The maximum atomic E-state index is 10.3. The smallest absolute Gasteiger partial charge is 0.0940 e. The van der Waals surface area contributed by atoms with Gasteiger partial charge in [0.1, 0.15) is 0 Å². The molecule has 0 aromatic heterocycles. The summed E-state index contributed by atoms with van der Waals surface area (Å²) in [5.41, 5.74) is 2.27. The first-order chi connectivity index (χ1) is 9.06. The van der Waals surface area contributed by atoms with Gasteiger partial charge in [0.05, 0.1) is 6.10 Å². The molecule has 0 amide bonds. The maximum Gasteiger partial charge on any atom is 0.0940 e. The van der Waals surface area contributed by atoms with Crippen LogP contribution in [-0.4, -0.2) is 31.4 Å². The molecule has 2 atom stereocenters. The molecule has 2 N–H and O–H groups in total. The van der Waals surface area contributed by atoms with Crippen LogP contribution in [0.5, 0.6) is 0 Å². The predicted octanol–water partition coefficient (Wildman–Crippen LogP) is 2.86. The van der Waals surface area contributed by atoms with Gasteiger partial charge in [0.15, 0.2) is 0 Å². The summed E-state index contributed by atoms with van der Waals surface area (Å²) in [4.78, 5) is 0. The van der Waals surface area contributed by atoms with E-state index in [1.165, 1.54) is 5.56 Å². The van der Waals surface area contributed by atoms with Crippen molar-refractivity contribution in [2.75, 3.05) is 20.3 Å². The Morgan fingerprint density at radius 2 is 1.68 bits per heavy atom. The topological polar surface area (TPSA) is 41.5 Å². The Morgan fingerprint density at radius 3 is 2.21 bits per heavy atom. The van der Waals surface area contributed by atoms with Crippen LogP contribution in [-0.2, 0) is 4.74 Å². The zero-order valence-electron chi connectivity index (χ0n) is 12.5. The summed E-state index contributed by atoms with van der Waals surface area (Å²) in [5.74, 6) is 0.524. The van der Waals surface area contributed by atoms with Crippen LogP contribution in [0.25, 0.3) is 0 Å². The number of benzene rings is 1. The average Bonchev–Trinajstić information content (AvgIpc) is 2.42. The summed E-state index contributed by atoms with van der Waals surface area (Å²) < 4.78 is 5.00. The van der Waals surface area contributed by atoms with E-state index in [4.69, 9.17) is 4.74 Å². The lowest BCUT2D eigenvalue weighted by Crippen LogP contribution is -2.33. The van der Waals surface area contributed by atoms with Crippen molar-refractivity contribution < 1.29 is 9.84 Å². The quantitative estimate of drug-likeness (QED) is 0.710. The largest absolute Gasteiger partial charge is 0.387 e. The summed E-state index contributed by atoms with van der Waals surface area (Å²) in [6.45, 7) is 7.96. The highest BCUT2D eigenvalue weighted by Gasteiger charge is 2.15. The molecule has 0 aliphatic rings. The van der Waals surface area contributed by atoms with Crippen molar-refractivity contribution in [3.8, 4) is 0 Å². The number of aliphatic hydroxyl groups excluding tert-OH is 1. The minimum Gasteiger partial charge on any atom is -0.387 e. The fourth-order valence-electron chi connectivity index (χ4n) is 2.02. The van der Waals surface area contributed by atoms with Gasteiger partial charge >= 0.3 is 0 Å². The fraction of sp³-hybridized carbons (Fsp3) is 0.625. The highest BCUT2D eigenvalue weighted by molar-refractivity contribution is 5.26. The minimum absolute atomic E-state index is 0.0433. The van der Waals surface area contributed by atoms with E-state index in [1.807, 2.05) is 19.1 Å². The molecule has 1 aromatic rings. The van der Waals surface area contributed by atoms with E-state index in [0.717, 1.165) is 25.1 Å². The van der Waals surface area contributed by atoms with Crippen molar-refractivity contribution >= 4 is 0 Å². The van der Waals surface area contributed by atoms with Gasteiger partial charge in [0.25, 0.3) is 0 Å². The van der Waals surface area contributed by atoms with E-state index >= 15 is 0 Å². The van der Waals surface area contributed by atoms with E-state index in [0.29, 0.717) is 5.92 Å². The highest BCUT2D eigenvalue weighted by atomic mass is 16.5. The Morgan fingerprint density at radius 1 is 1.11 bits per heavy atom. The number of hydrogen-bond donors (Lipinski definition) is 2. The van der Waals surface area contributed by atoms with Gasteiger partial charge in [-0.15, -0.1) is 0 Å². The van der Waals surface area contributed by atoms with Gasteiger partial charge in [-0.3, -0.25) is 0 Å². The van der Waals surface area contributed by atoms with Gasteiger partial charge < -0.3 is 15.2 Å². The van der Waals surface area contributed by atoms with Crippen molar-refractivity contribution in [2.24, 2.45) is 0 Å². The molecular formula is C16H27NO2. The molecular weight excluding hydrogens is 238 g/mol. The number of ether oxygens (including phenoxy) is 1. The lowest BCUT2D eigenvalue weighted by molar-refractivity contribution is 0.132. The van der Waals surface area contributed by atoms with E-state index < -0.39 is 6.10 Å². The van der Waals surface area contributed by atoms with Gasteiger partial charge in [-0.1, -0.05) is 38.1 Å². The van der Waals surface area contributed by atoms with Crippen LogP contribution in [0, 0.1) is 0 Å². The molecule has 0 radical (unpaired) electrons. The molecule has 3 heteroatoms. The molecule has 0 bridgehead atoms. The number of rotatable bonds is 8. The minimum atomic E-state index is -0.469. The third kappa shape index (κ3) is 5.31. The normalized spacial score (nSPS) is 14.6. The second-order valence-electron chi connectivity index (χ2n) is 5.36. The average molecular weight is 265 g/mol. The van der Waals surface area contributed by atoms with Crippen LogP contribution in [0.15, 0.2) is 24.3 Å². The zero-order valence-corrected chi connectivity index (χ0v) is 12.5. The summed E-state index contributed by atoms with van der Waals surface area (Å²) in [6.07, 6.45) is 0.489. The molecule has 0 fully saturated rings. The Kier molecular flexibility index (Phi) is 7.06. The van der Waals surface area contributed by atoms with Crippen molar-refractivity contribution in [1.29, 1.82) is 0 Å². The summed E-state index contributed by atoms with van der Waals surface area (Å²) in [5, 5.41) is 13.6. The van der Waals surface area contributed by atoms with Crippen molar-refractivity contribution in [3.63, 3.8) is 0 Å². The molecule has 3 nitrogen and oxygen atoms in total. The van der Waals surface area contributed by atoms with Gasteiger partial charge in [0, 0.05) is 19.8 Å². The van der Waals surface area contributed by atoms with E-state index in [-0.39, 0.29) is 6.04 Å². The standard InChI is InChI=1S/C16H27NO2/c1-12(2)14-6-8-15(9-7-14)16(18)13(3)17-10-5-11-19-4/h6-9,12-13,16-18H,5,10-11H2,1-4H3. The Balaban J connectivity index is 2.49. The summed E-state index contributed by atoms with van der Waals surface area (Å²) in [6, 6.07) is 8.28. The monoisotopic (exact) mass is 265 g/mol. The first-order valence-electron chi connectivity index (χ1n) is 7.06. The first-order valence-corrected chi connectivity index (χ1v) is 7.06. The lowest BCUT2D eigenvalue weighted by Gasteiger charge is -2.21. The molecule has 2 unspecified atom stereocenters. The number of nitrogens with one attached hydrogen (secondary N) is 1. The van der Waals surface area contributed by atoms with E-state index in [2.05, 4.69) is 31.3 Å². The second-order valence-corrected chi connectivity index (χ2v) is 5.36. The zero-order chi connectivity index (χ0) is 14.3. The second kappa shape index (κ2) is 8.31. The van der Waals surface area contributed by atoms with Crippen LogP contribution in [0.1, 0.15) is 50.3 Å². The van der Waals surface area contributed by atoms with Crippen LogP contribution >= 0.6 is 0 Å². The molecule has 0 saturated carbocycles. The molecule has 1 aromatic carbocycles. The molecule has 0 aliphatic heterocycles. The molecule has 19 heavy (non-hydrogen) atoms. The lowest BCUT2D eigenvalue weighted by atomic mass is 9.98. The molecule has 108 valence electrons. The van der Waals surface area contributed by atoms with Crippen LogP contribution in [0.4, 0.5) is 0 Å². The summed E-state index contributed by atoms with van der Waals surface area (Å²) in [7, 11) is 1.70. The summed E-state index contributed by atoms with van der Waals surface area (Å²) >= 11 is 0. The van der Waals surface area contributed by atoms with Crippen LogP contribution in [0.3, 0.4) is 0 Å². The van der Waals surface area contributed by atoms with Gasteiger partial charge in [-0.2, -0.15) is 0 Å². The van der Waals surface area contributed by atoms with E-state index in [1.54, 1.807) is 7.11 Å². The van der Waals surface area contributed by atoms with Crippen LogP contribution < -0.4 is 5.32 Å². The van der Waals surface area contributed by atoms with Crippen molar-refractivity contribution in [1.82, 2.24) is 5.32 Å². The van der Waals surface area contributed by atoms with Crippen molar-refractivity contribution in [2.45, 2.75) is 45.3 Å². The highest BCUT2D eigenvalue weighted by Crippen LogP contribution is 2.20. The molecule has 0 heterocycles. The SMILES string of the molecule is COCCCNC(C)C(O)c1ccc(C(C)C)cc1. The first kappa shape index (κ1) is 16.2. The molecule has 1 rings (SSSR count). The van der Waals surface area contributed by atoms with Gasteiger partial charge in [0.2, 0.25) is 0 Å². The van der Waals surface area contributed by atoms with Gasteiger partial charge in [-0.05, 0) is 36.9 Å². The third-order valence-corrected chi connectivity index (χ3v) is 3.41. The molecule has 0 spiro atoms. The Hall–Kier alpha value is -0.900. The fourth-order valence-corrected chi connectivity index (χ4v) is 2.02. The predicted molar refractivity (Wildman–Crippen MR) is 79.4 cm³/mol. The number of aliphatic hydroxyl groups is 1. The number of methoxy groups -OCH3 is 1. The number of hydrogen-bond acceptors (Lipinski definition) is 3. The Bertz CT molecular complexity index is 348. The van der Waals surface area contributed by atoms with Crippen molar-refractivity contribution in [3.05, 3.63) is 35.4 Å².